The fourth-order valence-corrected chi connectivity index (χ4v) is 1.48. The third-order valence-corrected chi connectivity index (χ3v) is 2.53. The van der Waals surface area contributed by atoms with Gasteiger partial charge in [-0.3, -0.25) is 4.79 Å². The third-order valence-electron chi connectivity index (χ3n) is 2.53. The monoisotopic (exact) mass is 201 g/mol. The second-order valence-electron chi connectivity index (χ2n) is 5.34. The average molecular weight is 201 g/mol. The van der Waals surface area contributed by atoms with Gasteiger partial charge in [-0.05, 0) is 19.4 Å². The fraction of sp³-hybridized carbons (Fsp3) is 0.909. The highest BCUT2D eigenvalue weighted by Gasteiger charge is 2.25. The summed E-state index contributed by atoms with van der Waals surface area (Å²) < 4.78 is 0. The fourth-order valence-electron chi connectivity index (χ4n) is 1.48. The Bertz CT molecular complexity index is 196. The Kier molecular flexibility index (Phi) is 4.59. The highest BCUT2D eigenvalue weighted by Crippen LogP contribution is 2.18. The topological polar surface area (TPSA) is 40.5 Å². The second-order valence-corrected chi connectivity index (χ2v) is 5.34. The summed E-state index contributed by atoms with van der Waals surface area (Å²) in [4.78, 5) is 12.9. The normalized spacial score (nSPS) is 16.8. The van der Waals surface area contributed by atoms with Crippen LogP contribution in [0.25, 0.3) is 0 Å². The summed E-state index contributed by atoms with van der Waals surface area (Å²) in [6, 6.07) is 0.0757. The molecule has 3 nitrogen and oxygen atoms in total. The highest BCUT2D eigenvalue weighted by atomic mass is 16.4. The van der Waals surface area contributed by atoms with Crippen molar-refractivity contribution in [2.24, 2.45) is 11.3 Å². The summed E-state index contributed by atoms with van der Waals surface area (Å²) in [7, 11) is 1.98. The van der Waals surface area contributed by atoms with Crippen LogP contribution in [0.4, 0.5) is 0 Å². The summed E-state index contributed by atoms with van der Waals surface area (Å²) >= 11 is 0. The molecule has 0 aliphatic carbocycles. The first-order valence-electron chi connectivity index (χ1n) is 5.08. The largest absolute Gasteiger partial charge is 0.481 e. The van der Waals surface area contributed by atoms with Crippen LogP contribution >= 0.6 is 0 Å². The number of aliphatic carboxylic acids is 1. The number of carboxylic acid groups (broad SMARTS) is 1. The zero-order chi connectivity index (χ0) is 11.5. The van der Waals surface area contributed by atoms with Gasteiger partial charge < -0.3 is 10.0 Å². The third kappa shape index (κ3) is 4.61. The predicted octanol–water partition coefficient (Wildman–Crippen LogP) is 2.07. The molecule has 1 N–H and O–H groups in total. The van der Waals surface area contributed by atoms with Crippen molar-refractivity contribution in [2.45, 2.75) is 40.7 Å². The molecule has 3 heteroatoms. The van der Waals surface area contributed by atoms with Crippen LogP contribution in [0.15, 0.2) is 0 Å². The Balaban J connectivity index is 4.25. The Morgan fingerprint density at radius 1 is 1.36 bits per heavy atom. The summed E-state index contributed by atoms with van der Waals surface area (Å²) in [5.41, 5.74) is 0.210. The minimum absolute atomic E-state index is 0.0757. The molecule has 0 bridgehead atoms. The van der Waals surface area contributed by atoms with Crippen molar-refractivity contribution in [3.8, 4) is 0 Å². The van der Waals surface area contributed by atoms with E-state index in [-0.39, 0.29) is 17.4 Å². The van der Waals surface area contributed by atoms with Crippen molar-refractivity contribution in [1.29, 1.82) is 0 Å². The van der Waals surface area contributed by atoms with Gasteiger partial charge in [-0.15, -0.1) is 0 Å². The van der Waals surface area contributed by atoms with Gasteiger partial charge in [0.15, 0.2) is 0 Å². The highest BCUT2D eigenvalue weighted by molar-refractivity contribution is 5.70. The van der Waals surface area contributed by atoms with Crippen LogP contribution in [0.3, 0.4) is 0 Å². The van der Waals surface area contributed by atoms with Gasteiger partial charge in [0.05, 0.1) is 5.92 Å². The molecule has 0 rings (SSSR count). The molecule has 0 amide bonds. The van der Waals surface area contributed by atoms with Gasteiger partial charge in [-0.1, -0.05) is 27.7 Å². The molecule has 0 aromatic carbocycles. The van der Waals surface area contributed by atoms with E-state index < -0.39 is 5.97 Å². The van der Waals surface area contributed by atoms with E-state index in [1.807, 2.05) is 14.0 Å². The Hall–Kier alpha value is -0.570. The van der Waals surface area contributed by atoms with E-state index in [0.717, 1.165) is 6.54 Å². The van der Waals surface area contributed by atoms with Crippen molar-refractivity contribution < 1.29 is 9.90 Å². The lowest BCUT2D eigenvalue weighted by atomic mass is 9.94. The van der Waals surface area contributed by atoms with Crippen molar-refractivity contribution in [3.63, 3.8) is 0 Å². The molecule has 0 aliphatic rings. The van der Waals surface area contributed by atoms with Crippen molar-refractivity contribution in [3.05, 3.63) is 0 Å². The summed E-state index contributed by atoms with van der Waals surface area (Å²) in [5, 5.41) is 8.87. The lowest BCUT2D eigenvalue weighted by molar-refractivity contribution is -0.143. The van der Waals surface area contributed by atoms with Gasteiger partial charge in [-0.2, -0.15) is 0 Å². The van der Waals surface area contributed by atoms with Crippen LogP contribution in [-0.4, -0.2) is 35.6 Å². The van der Waals surface area contributed by atoms with Crippen molar-refractivity contribution >= 4 is 5.97 Å². The minimum atomic E-state index is -0.724. The molecule has 0 fully saturated rings. The molecule has 0 heterocycles. The molecule has 0 saturated carbocycles. The predicted molar refractivity (Wildman–Crippen MR) is 58.3 cm³/mol. The first kappa shape index (κ1) is 13.4. The number of hydrogen-bond acceptors (Lipinski definition) is 2. The quantitative estimate of drug-likeness (QED) is 0.757. The first-order chi connectivity index (χ1) is 6.15. The van der Waals surface area contributed by atoms with Crippen LogP contribution in [0, 0.1) is 11.3 Å². The van der Waals surface area contributed by atoms with Crippen LogP contribution in [0.5, 0.6) is 0 Å². The number of carboxylic acids is 1. The maximum Gasteiger partial charge on any atom is 0.307 e. The molecule has 0 saturated heterocycles. The van der Waals surface area contributed by atoms with Gasteiger partial charge in [0, 0.05) is 12.6 Å². The molecule has 2 atom stereocenters. The lowest BCUT2D eigenvalue weighted by Gasteiger charge is -2.33. The molecule has 0 aliphatic heterocycles. The van der Waals surface area contributed by atoms with Gasteiger partial charge >= 0.3 is 5.97 Å². The molecule has 0 aromatic heterocycles. The SMILES string of the molecule is CC(C(=O)O)C(C)N(C)CC(C)(C)C. The Morgan fingerprint density at radius 3 is 2.07 bits per heavy atom. The van der Waals surface area contributed by atoms with Crippen molar-refractivity contribution in [1.82, 2.24) is 4.90 Å². The van der Waals surface area contributed by atoms with E-state index in [1.54, 1.807) is 6.92 Å². The van der Waals surface area contributed by atoms with Gasteiger partial charge in [0.2, 0.25) is 0 Å². The zero-order valence-corrected chi connectivity index (χ0v) is 10.2. The summed E-state index contributed by atoms with van der Waals surface area (Å²) in [5.74, 6) is -1.04. The minimum Gasteiger partial charge on any atom is -0.481 e. The number of carbonyl (C=O) groups is 1. The average Bonchev–Trinajstić information content (AvgIpc) is 1.98. The van der Waals surface area contributed by atoms with E-state index in [4.69, 9.17) is 5.11 Å². The van der Waals surface area contributed by atoms with E-state index in [2.05, 4.69) is 25.7 Å². The molecule has 84 valence electrons. The molecule has 0 spiro atoms. The Labute approximate surface area is 87.1 Å². The number of nitrogens with zero attached hydrogens (tertiary/aromatic N) is 1. The van der Waals surface area contributed by atoms with Gasteiger partial charge in [0.25, 0.3) is 0 Å². The zero-order valence-electron chi connectivity index (χ0n) is 10.2. The number of rotatable bonds is 4. The van der Waals surface area contributed by atoms with Crippen LogP contribution in [0.1, 0.15) is 34.6 Å². The maximum atomic E-state index is 10.8. The van der Waals surface area contributed by atoms with Crippen LogP contribution < -0.4 is 0 Å². The van der Waals surface area contributed by atoms with Crippen molar-refractivity contribution in [2.75, 3.05) is 13.6 Å². The Morgan fingerprint density at radius 2 is 1.79 bits per heavy atom. The standard InChI is InChI=1S/C11H23NO2/c1-8(10(13)14)9(2)12(6)7-11(3,4)5/h8-9H,7H2,1-6H3,(H,13,14). The van der Waals surface area contributed by atoms with Gasteiger partial charge in [0.1, 0.15) is 0 Å². The second kappa shape index (κ2) is 4.78. The molecule has 0 radical (unpaired) electrons. The van der Waals surface area contributed by atoms with E-state index in [1.165, 1.54) is 0 Å². The molecular formula is C11H23NO2. The van der Waals surface area contributed by atoms with E-state index >= 15 is 0 Å². The molecule has 14 heavy (non-hydrogen) atoms. The molecule has 2 unspecified atom stereocenters. The van der Waals surface area contributed by atoms with Crippen LogP contribution in [-0.2, 0) is 4.79 Å². The molecular weight excluding hydrogens is 178 g/mol. The number of hydrogen-bond donors (Lipinski definition) is 1. The summed E-state index contributed by atoms with van der Waals surface area (Å²) in [6.45, 7) is 11.1. The smallest absolute Gasteiger partial charge is 0.307 e. The lowest BCUT2D eigenvalue weighted by Crippen LogP contribution is -2.41. The molecule has 0 aromatic rings. The first-order valence-corrected chi connectivity index (χ1v) is 5.08. The summed E-state index contributed by atoms with van der Waals surface area (Å²) in [6.07, 6.45) is 0. The maximum absolute atomic E-state index is 10.8. The van der Waals surface area contributed by atoms with Gasteiger partial charge in [-0.25, -0.2) is 0 Å². The van der Waals surface area contributed by atoms with E-state index in [9.17, 15) is 4.79 Å². The van der Waals surface area contributed by atoms with Crippen LogP contribution in [0.2, 0.25) is 0 Å². The van der Waals surface area contributed by atoms with E-state index in [0.29, 0.717) is 0 Å².